The Morgan fingerprint density at radius 2 is 1.61 bits per heavy atom. The molecular formula is C23H32N2O3. The van der Waals surface area contributed by atoms with Crippen molar-refractivity contribution in [2.75, 3.05) is 30.4 Å². The van der Waals surface area contributed by atoms with Crippen molar-refractivity contribution in [2.24, 2.45) is 5.92 Å². The smallest absolute Gasteiger partial charge is 0.243 e. The number of carbonyl (C=O) groups is 1. The van der Waals surface area contributed by atoms with Crippen molar-refractivity contribution in [3.8, 4) is 11.5 Å². The topological polar surface area (TPSA) is 59.6 Å². The summed E-state index contributed by atoms with van der Waals surface area (Å²) in [6.07, 6.45) is 3.12. The third-order valence-corrected chi connectivity index (χ3v) is 4.14. The van der Waals surface area contributed by atoms with Crippen molar-refractivity contribution in [3.63, 3.8) is 0 Å². The number of benzene rings is 2. The molecule has 0 unspecified atom stereocenters. The lowest BCUT2D eigenvalue weighted by Crippen LogP contribution is -2.21. The SMILES string of the molecule is CCCCOc1cccc(NC(=O)CNc2cccc(OCCC(C)C)c2)c1. The van der Waals surface area contributed by atoms with Gasteiger partial charge in [0.25, 0.3) is 0 Å². The third kappa shape index (κ3) is 8.33. The Balaban J connectivity index is 1.80. The van der Waals surface area contributed by atoms with Crippen LogP contribution in [0.3, 0.4) is 0 Å². The van der Waals surface area contributed by atoms with Crippen LogP contribution in [-0.2, 0) is 4.79 Å². The van der Waals surface area contributed by atoms with Crippen LogP contribution in [0.15, 0.2) is 48.5 Å². The normalized spacial score (nSPS) is 10.6. The minimum atomic E-state index is -0.114. The van der Waals surface area contributed by atoms with Gasteiger partial charge in [0.1, 0.15) is 11.5 Å². The van der Waals surface area contributed by atoms with E-state index >= 15 is 0 Å². The standard InChI is InChI=1S/C23H32N2O3/c1-4-5-13-27-22-11-7-9-20(16-22)25-23(26)17-24-19-8-6-10-21(15-19)28-14-12-18(2)3/h6-11,15-16,18,24H,4-5,12-14,17H2,1-3H3,(H,25,26). The van der Waals surface area contributed by atoms with Crippen LogP contribution in [0.2, 0.25) is 0 Å². The summed E-state index contributed by atoms with van der Waals surface area (Å²) in [5.74, 6) is 2.07. The zero-order valence-electron chi connectivity index (χ0n) is 17.2. The number of carbonyl (C=O) groups excluding carboxylic acids is 1. The zero-order valence-corrected chi connectivity index (χ0v) is 17.2. The molecule has 5 heteroatoms. The van der Waals surface area contributed by atoms with Crippen LogP contribution in [0.5, 0.6) is 11.5 Å². The van der Waals surface area contributed by atoms with Gasteiger partial charge in [0.05, 0.1) is 19.8 Å². The molecule has 0 atom stereocenters. The van der Waals surface area contributed by atoms with Gasteiger partial charge in [0, 0.05) is 23.5 Å². The Hall–Kier alpha value is -2.69. The fourth-order valence-corrected chi connectivity index (χ4v) is 2.49. The summed E-state index contributed by atoms with van der Waals surface area (Å²) in [6, 6.07) is 15.2. The van der Waals surface area contributed by atoms with Crippen LogP contribution in [-0.4, -0.2) is 25.7 Å². The molecule has 2 aromatic rings. The summed E-state index contributed by atoms with van der Waals surface area (Å²) in [6.45, 7) is 8.03. The van der Waals surface area contributed by atoms with E-state index in [1.165, 1.54) is 0 Å². The summed E-state index contributed by atoms with van der Waals surface area (Å²) in [5, 5.41) is 6.03. The molecule has 0 aromatic heterocycles. The number of nitrogens with one attached hydrogen (secondary N) is 2. The summed E-state index contributed by atoms with van der Waals surface area (Å²) in [5.41, 5.74) is 1.58. The van der Waals surface area contributed by atoms with Crippen molar-refractivity contribution in [2.45, 2.75) is 40.0 Å². The van der Waals surface area contributed by atoms with Crippen molar-refractivity contribution >= 4 is 17.3 Å². The van der Waals surface area contributed by atoms with E-state index in [1.54, 1.807) is 0 Å². The molecular weight excluding hydrogens is 352 g/mol. The van der Waals surface area contributed by atoms with E-state index in [-0.39, 0.29) is 12.5 Å². The summed E-state index contributed by atoms with van der Waals surface area (Å²) in [4.78, 5) is 12.2. The van der Waals surface area contributed by atoms with Gasteiger partial charge in [-0.2, -0.15) is 0 Å². The van der Waals surface area contributed by atoms with Crippen LogP contribution in [0.25, 0.3) is 0 Å². The van der Waals surface area contributed by atoms with Gasteiger partial charge in [-0.15, -0.1) is 0 Å². The minimum Gasteiger partial charge on any atom is -0.494 e. The average molecular weight is 385 g/mol. The van der Waals surface area contributed by atoms with Crippen LogP contribution >= 0.6 is 0 Å². The second-order valence-electron chi connectivity index (χ2n) is 7.19. The molecule has 0 spiro atoms. The number of hydrogen-bond acceptors (Lipinski definition) is 4. The van der Waals surface area contributed by atoms with E-state index in [4.69, 9.17) is 9.47 Å². The van der Waals surface area contributed by atoms with Crippen LogP contribution in [0, 0.1) is 5.92 Å². The Morgan fingerprint density at radius 3 is 2.29 bits per heavy atom. The highest BCUT2D eigenvalue weighted by atomic mass is 16.5. The van der Waals surface area contributed by atoms with Crippen molar-refractivity contribution in [3.05, 3.63) is 48.5 Å². The fourth-order valence-electron chi connectivity index (χ4n) is 2.49. The summed E-state index contributed by atoms with van der Waals surface area (Å²) >= 11 is 0. The van der Waals surface area contributed by atoms with E-state index in [0.717, 1.165) is 42.1 Å². The second-order valence-corrected chi connectivity index (χ2v) is 7.19. The molecule has 2 aromatic carbocycles. The van der Waals surface area contributed by atoms with Gasteiger partial charge in [-0.25, -0.2) is 0 Å². The van der Waals surface area contributed by atoms with Gasteiger partial charge in [-0.1, -0.05) is 39.3 Å². The molecule has 0 aliphatic rings. The Labute approximate surface area is 168 Å². The largest absolute Gasteiger partial charge is 0.494 e. The van der Waals surface area contributed by atoms with Crippen LogP contribution in [0.4, 0.5) is 11.4 Å². The second kappa shape index (κ2) is 11.9. The lowest BCUT2D eigenvalue weighted by molar-refractivity contribution is -0.114. The Morgan fingerprint density at radius 1 is 0.964 bits per heavy atom. The fraction of sp³-hybridized carbons (Fsp3) is 0.435. The van der Waals surface area contributed by atoms with Gasteiger partial charge < -0.3 is 20.1 Å². The molecule has 152 valence electrons. The van der Waals surface area contributed by atoms with Crippen molar-refractivity contribution < 1.29 is 14.3 Å². The number of ether oxygens (including phenoxy) is 2. The number of hydrogen-bond donors (Lipinski definition) is 2. The maximum atomic E-state index is 12.2. The number of anilines is 2. The molecule has 2 N–H and O–H groups in total. The van der Waals surface area contributed by atoms with E-state index in [0.29, 0.717) is 19.1 Å². The first-order valence-corrected chi connectivity index (χ1v) is 10.1. The first kappa shape index (κ1) is 21.6. The van der Waals surface area contributed by atoms with Gasteiger partial charge in [0.15, 0.2) is 0 Å². The zero-order chi connectivity index (χ0) is 20.2. The molecule has 0 aliphatic carbocycles. The lowest BCUT2D eigenvalue weighted by atomic mass is 10.1. The lowest BCUT2D eigenvalue weighted by Gasteiger charge is -2.12. The minimum absolute atomic E-state index is 0.114. The highest BCUT2D eigenvalue weighted by Gasteiger charge is 2.05. The highest BCUT2D eigenvalue weighted by Crippen LogP contribution is 2.19. The molecule has 0 saturated carbocycles. The molecule has 0 aliphatic heterocycles. The maximum absolute atomic E-state index is 12.2. The molecule has 2 rings (SSSR count). The van der Waals surface area contributed by atoms with E-state index in [1.807, 2.05) is 48.5 Å². The predicted molar refractivity (Wildman–Crippen MR) is 115 cm³/mol. The summed E-state index contributed by atoms with van der Waals surface area (Å²) < 4.78 is 11.4. The number of unbranched alkanes of at least 4 members (excludes halogenated alkanes) is 1. The summed E-state index contributed by atoms with van der Waals surface area (Å²) in [7, 11) is 0. The number of rotatable bonds is 12. The average Bonchev–Trinajstić information content (AvgIpc) is 2.67. The van der Waals surface area contributed by atoms with Gasteiger partial charge in [-0.05, 0) is 43.0 Å². The monoisotopic (exact) mass is 384 g/mol. The highest BCUT2D eigenvalue weighted by molar-refractivity contribution is 5.93. The maximum Gasteiger partial charge on any atom is 0.243 e. The van der Waals surface area contributed by atoms with Crippen molar-refractivity contribution in [1.82, 2.24) is 0 Å². The molecule has 0 fully saturated rings. The van der Waals surface area contributed by atoms with E-state index in [2.05, 4.69) is 31.4 Å². The Kier molecular flexibility index (Phi) is 9.19. The molecule has 28 heavy (non-hydrogen) atoms. The molecule has 1 amide bonds. The van der Waals surface area contributed by atoms with E-state index < -0.39 is 0 Å². The van der Waals surface area contributed by atoms with Crippen molar-refractivity contribution in [1.29, 1.82) is 0 Å². The molecule has 0 radical (unpaired) electrons. The first-order chi connectivity index (χ1) is 13.6. The van der Waals surface area contributed by atoms with Gasteiger partial charge in [-0.3, -0.25) is 4.79 Å². The quantitative estimate of drug-likeness (QED) is 0.485. The van der Waals surface area contributed by atoms with Crippen LogP contribution in [0.1, 0.15) is 40.0 Å². The molecule has 0 saturated heterocycles. The predicted octanol–water partition coefficient (Wildman–Crippen LogP) is 5.34. The third-order valence-electron chi connectivity index (χ3n) is 4.14. The Bertz CT molecular complexity index is 731. The van der Waals surface area contributed by atoms with E-state index in [9.17, 15) is 4.79 Å². The number of amides is 1. The van der Waals surface area contributed by atoms with Gasteiger partial charge in [0.2, 0.25) is 5.91 Å². The first-order valence-electron chi connectivity index (χ1n) is 10.1. The molecule has 0 heterocycles. The van der Waals surface area contributed by atoms with Crippen LogP contribution < -0.4 is 20.1 Å². The van der Waals surface area contributed by atoms with Gasteiger partial charge >= 0.3 is 0 Å². The molecule has 5 nitrogen and oxygen atoms in total. The molecule has 0 bridgehead atoms.